The molecule has 0 bridgehead atoms. The van der Waals surface area contributed by atoms with Gasteiger partial charge in [-0.25, -0.2) is 0 Å². The highest BCUT2D eigenvalue weighted by Gasteiger charge is 2.20. The third kappa shape index (κ3) is 2.66. The molecule has 0 spiro atoms. The van der Waals surface area contributed by atoms with Crippen LogP contribution in [0.25, 0.3) is 0 Å². The van der Waals surface area contributed by atoms with Gasteiger partial charge in [0.05, 0.1) is 20.6 Å². The van der Waals surface area contributed by atoms with Gasteiger partial charge in [-0.3, -0.25) is 0 Å². The average Bonchev–Trinajstić information content (AvgIpc) is 1.90. The van der Waals surface area contributed by atoms with E-state index >= 15 is 0 Å². The minimum Gasteiger partial charge on any atom is -0.394 e. The first-order chi connectivity index (χ1) is 4.63. The fraction of sp³-hybridized carbons (Fsp3) is 1.00. The summed E-state index contributed by atoms with van der Waals surface area (Å²) in [5, 5.41) is 17.6. The van der Waals surface area contributed by atoms with Crippen LogP contribution >= 0.6 is 0 Å². The summed E-state index contributed by atoms with van der Waals surface area (Å²) in [5.74, 6) is -0.878. The first-order valence-electron chi connectivity index (χ1n) is 2.96. The van der Waals surface area contributed by atoms with E-state index in [1.165, 1.54) is 7.11 Å². The van der Waals surface area contributed by atoms with E-state index in [0.29, 0.717) is 0 Å². The van der Waals surface area contributed by atoms with Gasteiger partial charge in [0.25, 0.3) is 0 Å². The van der Waals surface area contributed by atoms with Crippen LogP contribution in [0.2, 0.25) is 0 Å². The minimum absolute atomic E-state index is 0.289. The van der Waals surface area contributed by atoms with E-state index in [1.807, 2.05) is 0 Å². The zero-order valence-corrected chi connectivity index (χ0v) is 5.90. The first-order valence-corrected chi connectivity index (χ1v) is 2.96. The van der Waals surface area contributed by atoms with E-state index in [4.69, 9.17) is 23.8 Å². The Morgan fingerprint density at radius 3 is 2.30 bits per heavy atom. The first kappa shape index (κ1) is 9.90. The number of ether oxygens (including phenoxy) is 1. The van der Waals surface area contributed by atoms with Gasteiger partial charge in [0.15, 0.2) is 0 Å². The van der Waals surface area contributed by atoms with Crippen LogP contribution in [0.3, 0.4) is 0 Å². The van der Waals surface area contributed by atoms with Gasteiger partial charge in [-0.1, -0.05) is 0 Å². The predicted octanol–water partition coefficient (Wildman–Crippen LogP) is -2.19. The van der Waals surface area contributed by atoms with E-state index in [0.717, 1.165) is 0 Å². The summed E-state index contributed by atoms with van der Waals surface area (Å²) in [4.78, 5) is 0. The van der Waals surface area contributed by atoms with E-state index in [9.17, 15) is 0 Å². The molecule has 58 valence electrons. The number of hydrogen-bond donors (Lipinski definition) is 3. The molecule has 0 aromatic rings. The molecule has 0 saturated carbocycles. The van der Waals surface area contributed by atoms with Crippen molar-refractivity contribution in [2.75, 3.05) is 13.7 Å². The smallest absolute Gasteiger partial charge is 0.107 e. The standard InChI is InChI=1S/C5H12BNO3/c1-10-3(2-8)4(9)5(6)7/h3-5,8-9H,2,7H2,1H3/t3-,4-,5-/m1/s1. The highest BCUT2D eigenvalue weighted by molar-refractivity contribution is 6.12. The van der Waals surface area contributed by atoms with Crippen LogP contribution < -0.4 is 5.73 Å². The summed E-state index contributed by atoms with van der Waals surface area (Å²) in [7, 11) is 6.49. The highest BCUT2D eigenvalue weighted by atomic mass is 16.5. The molecule has 0 saturated heterocycles. The molecule has 0 aliphatic rings. The van der Waals surface area contributed by atoms with Crippen molar-refractivity contribution in [2.24, 2.45) is 5.73 Å². The van der Waals surface area contributed by atoms with Crippen molar-refractivity contribution in [3.63, 3.8) is 0 Å². The molecular weight excluding hydrogens is 133 g/mol. The summed E-state index contributed by atoms with van der Waals surface area (Å²) in [6.07, 6.45) is -1.71. The Kier molecular flexibility index (Phi) is 4.63. The Morgan fingerprint density at radius 2 is 2.20 bits per heavy atom. The molecule has 0 aliphatic heterocycles. The lowest BCUT2D eigenvalue weighted by atomic mass is 9.89. The number of nitrogens with two attached hydrogens (primary N) is 1. The van der Waals surface area contributed by atoms with Crippen LogP contribution in [0, 0.1) is 0 Å². The maximum atomic E-state index is 9.05. The molecule has 0 unspecified atom stereocenters. The van der Waals surface area contributed by atoms with Crippen molar-refractivity contribution in [2.45, 2.75) is 18.1 Å². The number of aliphatic hydroxyl groups is 2. The molecule has 10 heavy (non-hydrogen) atoms. The van der Waals surface area contributed by atoms with Gasteiger partial charge in [0, 0.05) is 7.11 Å². The Morgan fingerprint density at radius 1 is 1.70 bits per heavy atom. The number of methoxy groups -OCH3 is 1. The zero-order valence-electron chi connectivity index (χ0n) is 5.90. The molecular formula is C5H12BNO3. The third-order valence-electron chi connectivity index (χ3n) is 1.26. The lowest BCUT2D eigenvalue weighted by Crippen LogP contribution is -2.45. The van der Waals surface area contributed by atoms with Gasteiger partial charge in [-0.05, 0) is 5.94 Å². The average molecular weight is 145 g/mol. The van der Waals surface area contributed by atoms with Gasteiger partial charge in [0.1, 0.15) is 6.10 Å². The second-order valence-corrected chi connectivity index (χ2v) is 2.02. The minimum atomic E-state index is -1.02. The normalized spacial score (nSPS) is 20.0. The van der Waals surface area contributed by atoms with Crippen molar-refractivity contribution in [3.05, 3.63) is 0 Å². The van der Waals surface area contributed by atoms with Gasteiger partial charge >= 0.3 is 0 Å². The molecule has 5 heteroatoms. The summed E-state index contributed by atoms with van der Waals surface area (Å²) >= 11 is 0. The molecule has 0 aliphatic carbocycles. The van der Waals surface area contributed by atoms with E-state index in [-0.39, 0.29) is 6.61 Å². The molecule has 4 nitrogen and oxygen atoms in total. The van der Waals surface area contributed by atoms with Gasteiger partial charge in [0.2, 0.25) is 0 Å². The highest BCUT2D eigenvalue weighted by Crippen LogP contribution is 1.98. The second kappa shape index (κ2) is 4.68. The largest absolute Gasteiger partial charge is 0.394 e. The predicted molar refractivity (Wildman–Crippen MR) is 37.6 cm³/mol. The second-order valence-electron chi connectivity index (χ2n) is 2.02. The summed E-state index contributed by atoms with van der Waals surface area (Å²) < 4.78 is 4.66. The Balaban J connectivity index is 3.76. The van der Waals surface area contributed by atoms with Crippen molar-refractivity contribution >= 4 is 7.85 Å². The Labute approximate surface area is 61.4 Å². The fourth-order valence-corrected chi connectivity index (χ4v) is 0.570. The third-order valence-corrected chi connectivity index (χ3v) is 1.26. The van der Waals surface area contributed by atoms with E-state index < -0.39 is 18.1 Å². The number of rotatable bonds is 4. The van der Waals surface area contributed by atoms with E-state index in [2.05, 4.69) is 4.74 Å². The molecule has 3 atom stereocenters. The molecule has 0 heterocycles. The summed E-state index contributed by atoms with van der Waals surface area (Å²) in [5.41, 5.74) is 5.12. The fourth-order valence-electron chi connectivity index (χ4n) is 0.570. The van der Waals surface area contributed by atoms with E-state index in [1.54, 1.807) is 0 Å². The summed E-state index contributed by atoms with van der Waals surface area (Å²) in [6.45, 7) is -0.289. The quantitative estimate of drug-likeness (QED) is 0.392. The van der Waals surface area contributed by atoms with Crippen molar-refractivity contribution in [1.82, 2.24) is 0 Å². The number of hydrogen-bond acceptors (Lipinski definition) is 4. The van der Waals surface area contributed by atoms with Crippen LogP contribution in [0.1, 0.15) is 0 Å². The molecule has 0 fully saturated rings. The van der Waals surface area contributed by atoms with Crippen LogP contribution in [0.4, 0.5) is 0 Å². The molecule has 2 radical (unpaired) electrons. The van der Waals surface area contributed by atoms with Crippen molar-refractivity contribution < 1.29 is 14.9 Å². The van der Waals surface area contributed by atoms with Crippen LogP contribution in [-0.4, -0.2) is 49.9 Å². The molecule has 0 aromatic heterocycles. The lowest BCUT2D eigenvalue weighted by molar-refractivity contribution is -0.0414. The molecule has 0 aromatic carbocycles. The van der Waals surface area contributed by atoms with Crippen LogP contribution in [0.5, 0.6) is 0 Å². The maximum absolute atomic E-state index is 9.05. The van der Waals surface area contributed by atoms with Crippen LogP contribution in [0.15, 0.2) is 0 Å². The van der Waals surface area contributed by atoms with Crippen LogP contribution in [-0.2, 0) is 4.74 Å². The Hall–Kier alpha value is -0.0951. The van der Waals surface area contributed by atoms with Gasteiger partial charge < -0.3 is 20.7 Å². The van der Waals surface area contributed by atoms with Gasteiger partial charge in [-0.2, -0.15) is 0 Å². The Bertz CT molecular complexity index is 87.0. The topological polar surface area (TPSA) is 75.7 Å². The summed E-state index contributed by atoms with van der Waals surface area (Å²) in [6, 6.07) is 0. The van der Waals surface area contributed by atoms with Gasteiger partial charge in [-0.15, -0.1) is 0 Å². The SMILES string of the molecule is [B][C@H](N)[C@H](O)[C@@H](CO)OC. The molecule has 0 rings (SSSR count). The monoisotopic (exact) mass is 145 g/mol. The van der Waals surface area contributed by atoms with Crippen molar-refractivity contribution in [1.29, 1.82) is 0 Å². The molecule has 0 amide bonds. The maximum Gasteiger partial charge on any atom is 0.107 e. The van der Waals surface area contributed by atoms with Crippen molar-refractivity contribution in [3.8, 4) is 0 Å². The lowest BCUT2D eigenvalue weighted by Gasteiger charge is -2.22. The molecule has 4 N–H and O–H groups in total. The number of aliphatic hydroxyl groups excluding tert-OH is 2. The zero-order chi connectivity index (χ0) is 8.15.